The number of unbranched alkanes of at least 4 members (excludes halogenated alkanes) is 3. The van der Waals surface area contributed by atoms with E-state index in [1.54, 1.807) is 0 Å². The minimum Gasteiger partial charge on any atom is -0.462 e. The van der Waals surface area contributed by atoms with Crippen molar-refractivity contribution in [2.45, 2.75) is 102 Å². The quantitative estimate of drug-likeness (QED) is 0.182. The van der Waals surface area contributed by atoms with Crippen LogP contribution in [0, 0.1) is 11.8 Å². The number of allylic oxidation sites excluding steroid dienone is 4. The molecule has 0 bridgehead atoms. The number of carbonyl (C=O) groups is 1. The van der Waals surface area contributed by atoms with E-state index in [1.165, 1.54) is 25.7 Å². The molecule has 0 amide bonds. The number of cyclic esters (lactones) is 1. The Morgan fingerprint density at radius 2 is 2.00 bits per heavy atom. The Balaban J connectivity index is 1.90. The van der Waals surface area contributed by atoms with Crippen LogP contribution in [-0.2, 0) is 9.53 Å². The molecule has 1 fully saturated rings. The first-order valence-electron chi connectivity index (χ1n) is 11.7. The Morgan fingerprint density at radius 3 is 2.72 bits per heavy atom. The lowest BCUT2D eigenvalue weighted by Gasteiger charge is -2.31. The largest absolute Gasteiger partial charge is 0.462 e. The van der Waals surface area contributed by atoms with Crippen LogP contribution in [0.4, 0.5) is 0 Å². The van der Waals surface area contributed by atoms with Gasteiger partial charge in [0.1, 0.15) is 6.10 Å². The molecule has 2 rings (SSSR count). The third-order valence-electron chi connectivity index (χ3n) is 6.26. The number of aliphatic hydroxyl groups is 1. The van der Waals surface area contributed by atoms with Crippen LogP contribution in [0.5, 0.6) is 0 Å². The van der Waals surface area contributed by atoms with E-state index in [4.69, 9.17) is 4.74 Å². The van der Waals surface area contributed by atoms with Crippen molar-refractivity contribution in [2.75, 3.05) is 0 Å². The highest BCUT2D eigenvalue weighted by Gasteiger charge is 2.51. The van der Waals surface area contributed by atoms with Crippen LogP contribution in [0.1, 0.15) is 64.7 Å². The molecule has 2 aliphatic rings. The number of hydrogen-bond acceptors (Lipinski definition) is 3. The van der Waals surface area contributed by atoms with Crippen LogP contribution < -0.4 is 0 Å². The minimum atomic E-state index is -1.55. The topological polar surface area (TPSA) is 46.5 Å². The molecule has 1 N–H and O–H groups in total. The Kier molecular flexibility index (Phi) is 9.91. The van der Waals surface area contributed by atoms with Crippen LogP contribution in [0.3, 0.4) is 0 Å². The highest BCUT2D eigenvalue weighted by molar-refractivity contribution is 6.78. The van der Waals surface area contributed by atoms with Crippen molar-refractivity contribution in [3.05, 3.63) is 36.5 Å². The van der Waals surface area contributed by atoms with Crippen LogP contribution in [-0.4, -0.2) is 31.4 Å². The van der Waals surface area contributed by atoms with Crippen molar-refractivity contribution in [3.8, 4) is 0 Å². The van der Waals surface area contributed by atoms with Crippen LogP contribution in [0.15, 0.2) is 36.5 Å². The third-order valence-corrected chi connectivity index (χ3v) is 8.80. The van der Waals surface area contributed by atoms with Gasteiger partial charge in [-0.15, -0.1) is 0 Å². The summed E-state index contributed by atoms with van der Waals surface area (Å²) in [7, 11) is -1.55. The van der Waals surface area contributed by atoms with Gasteiger partial charge in [-0.1, -0.05) is 75.9 Å². The lowest BCUT2D eigenvalue weighted by Crippen LogP contribution is -2.37. The van der Waals surface area contributed by atoms with Crippen LogP contribution in [0.2, 0.25) is 25.2 Å². The van der Waals surface area contributed by atoms with Gasteiger partial charge in [0.15, 0.2) is 0 Å². The summed E-state index contributed by atoms with van der Waals surface area (Å²) in [5.74, 6) is 0.473. The molecule has 0 spiro atoms. The van der Waals surface area contributed by atoms with Crippen molar-refractivity contribution in [2.24, 2.45) is 11.8 Å². The second kappa shape index (κ2) is 11.9. The van der Waals surface area contributed by atoms with Crippen molar-refractivity contribution >= 4 is 14.0 Å². The van der Waals surface area contributed by atoms with E-state index in [0.717, 1.165) is 25.7 Å². The zero-order chi connectivity index (χ0) is 21.3. The maximum Gasteiger partial charge on any atom is 0.306 e. The molecular formula is C25H42O3Si. The van der Waals surface area contributed by atoms with Gasteiger partial charge in [-0.05, 0) is 43.6 Å². The molecule has 3 nitrogen and oxygen atoms in total. The fraction of sp³-hybridized carbons (Fsp3) is 0.720. The van der Waals surface area contributed by atoms with E-state index < -0.39 is 8.07 Å². The first kappa shape index (κ1) is 24.1. The van der Waals surface area contributed by atoms with Crippen molar-refractivity contribution in [3.63, 3.8) is 0 Å². The van der Waals surface area contributed by atoms with Gasteiger partial charge in [0.05, 0.1) is 14.2 Å². The standard InChI is InChI=1S/C25H42O3Si/c1-5-6-7-8-9-10-11-14-17-23(29(2,3)4)25(27)21-19-20(21)22-16-13-12-15-18-24(26)28-22/h9-10,12-14,17,20-23,25,27H,5-8,11,15-16,18-19H2,1-4H3/b10-9-,13-12-,17-14+/t20-,21-,22-,23-,25+/m1/s1. The summed E-state index contributed by atoms with van der Waals surface area (Å²) in [5, 5.41) is 11.2. The van der Waals surface area contributed by atoms with Crippen molar-refractivity contribution < 1.29 is 14.6 Å². The predicted molar refractivity (Wildman–Crippen MR) is 125 cm³/mol. The van der Waals surface area contributed by atoms with Gasteiger partial charge < -0.3 is 9.84 Å². The van der Waals surface area contributed by atoms with Crippen LogP contribution in [0.25, 0.3) is 0 Å². The molecule has 29 heavy (non-hydrogen) atoms. The third kappa shape index (κ3) is 8.25. The predicted octanol–water partition coefficient (Wildman–Crippen LogP) is 6.43. The van der Waals surface area contributed by atoms with Gasteiger partial charge in [-0.2, -0.15) is 0 Å². The smallest absolute Gasteiger partial charge is 0.306 e. The van der Waals surface area contributed by atoms with Crippen molar-refractivity contribution in [1.82, 2.24) is 0 Å². The molecule has 1 aliphatic heterocycles. The maximum absolute atomic E-state index is 11.9. The van der Waals surface area contributed by atoms with E-state index in [1.807, 2.05) is 0 Å². The molecule has 1 saturated carbocycles. The van der Waals surface area contributed by atoms with Crippen LogP contribution >= 0.6 is 0 Å². The molecule has 0 radical (unpaired) electrons. The molecular weight excluding hydrogens is 376 g/mol. The second-order valence-corrected chi connectivity index (χ2v) is 15.2. The fourth-order valence-electron chi connectivity index (χ4n) is 4.35. The number of rotatable bonds is 11. The second-order valence-electron chi connectivity index (χ2n) is 9.85. The zero-order valence-corrected chi connectivity index (χ0v) is 20.0. The van der Waals surface area contributed by atoms with Gasteiger partial charge in [-0.3, -0.25) is 4.79 Å². The number of hydrogen-bond donors (Lipinski definition) is 1. The molecule has 4 heteroatoms. The number of ether oxygens (including phenoxy) is 1. The monoisotopic (exact) mass is 418 g/mol. The normalized spacial score (nSPS) is 28.7. The molecule has 0 aromatic rings. The van der Waals surface area contributed by atoms with E-state index in [2.05, 4.69) is 63.0 Å². The van der Waals surface area contributed by atoms with E-state index in [0.29, 0.717) is 12.3 Å². The van der Waals surface area contributed by atoms with E-state index >= 15 is 0 Å². The Labute approximate surface area is 179 Å². The van der Waals surface area contributed by atoms with Gasteiger partial charge in [0.2, 0.25) is 0 Å². The average molecular weight is 419 g/mol. The lowest BCUT2D eigenvalue weighted by molar-refractivity contribution is -0.150. The highest BCUT2D eigenvalue weighted by atomic mass is 28.3. The molecule has 5 atom stereocenters. The zero-order valence-electron chi connectivity index (χ0n) is 19.0. The summed E-state index contributed by atoms with van der Waals surface area (Å²) in [4.78, 5) is 11.9. The molecule has 0 aromatic heterocycles. The lowest BCUT2D eigenvalue weighted by atomic mass is 10.0. The molecule has 1 aliphatic carbocycles. The van der Waals surface area contributed by atoms with Gasteiger partial charge in [0, 0.05) is 18.8 Å². The summed E-state index contributed by atoms with van der Waals surface area (Å²) >= 11 is 0. The SMILES string of the molecule is CCCCC/C=C\C/C=C/[C@H]([C@@H](O)[C@@H]1C[C@H]1[C@H]1C/C=C\CCC(=O)O1)[Si](C)(C)C. The maximum atomic E-state index is 11.9. The Hall–Kier alpha value is -1.13. The first-order valence-corrected chi connectivity index (χ1v) is 15.3. The molecule has 0 saturated heterocycles. The van der Waals surface area contributed by atoms with Crippen molar-refractivity contribution in [1.29, 1.82) is 0 Å². The van der Waals surface area contributed by atoms with Gasteiger partial charge >= 0.3 is 5.97 Å². The highest BCUT2D eigenvalue weighted by Crippen LogP contribution is 2.50. The van der Waals surface area contributed by atoms with Gasteiger partial charge in [-0.25, -0.2) is 0 Å². The number of aliphatic hydroxyl groups excluding tert-OH is 1. The first-order chi connectivity index (χ1) is 13.8. The number of esters is 1. The van der Waals surface area contributed by atoms with E-state index in [9.17, 15) is 9.90 Å². The van der Waals surface area contributed by atoms with E-state index in [-0.39, 0.29) is 29.6 Å². The molecule has 164 valence electrons. The summed E-state index contributed by atoms with van der Waals surface area (Å²) in [6.07, 6.45) is 21.8. The molecule has 0 aromatic carbocycles. The molecule has 0 unspecified atom stereocenters. The fourth-order valence-corrected chi connectivity index (χ4v) is 6.34. The Morgan fingerprint density at radius 1 is 1.21 bits per heavy atom. The summed E-state index contributed by atoms with van der Waals surface area (Å²) in [6.45, 7) is 9.24. The summed E-state index contributed by atoms with van der Waals surface area (Å²) < 4.78 is 5.70. The molecule has 1 heterocycles. The Bertz CT molecular complexity index is 587. The average Bonchev–Trinajstić information content (AvgIpc) is 3.42. The minimum absolute atomic E-state index is 0.0592. The van der Waals surface area contributed by atoms with Gasteiger partial charge in [0.25, 0.3) is 0 Å². The summed E-state index contributed by atoms with van der Waals surface area (Å²) in [6, 6.07) is 0. The summed E-state index contributed by atoms with van der Waals surface area (Å²) in [5.41, 5.74) is 0.241. The number of carbonyl (C=O) groups excluding carboxylic acids is 1.